The summed E-state index contributed by atoms with van der Waals surface area (Å²) in [5, 5.41) is 3.97. The van der Waals surface area contributed by atoms with Crippen LogP contribution in [0.3, 0.4) is 0 Å². The highest BCUT2D eigenvalue weighted by molar-refractivity contribution is 7.80. The van der Waals surface area contributed by atoms with E-state index in [-0.39, 0.29) is 5.91 Å². The van der Waals surface area contributed by atoms with E-state index in [1.807, 2.05) is 29.0 Å². The zero-order chi connectivity index (χ0) is 15.1. The molecule has 0 bridgehead atoms. The van der Waals surface area contributed by atoms with Crippen molar-refractivity contribution in [2.24, 2.45) is 5.73 Å². The van der Waals surface area contributed by atoms with Crippen LogP contribution in [-0.4, -0.2) is 27.3 Å². The largest absolute Gasteiger partial charge is 0.393 e. The predicted octanol–water partition coefficient (Wildman–Crippen LogP) is 2.39. The SMILES string of the molecule is NC(=S)CCN(Cc1cccnc1)C(=O)Cc1ccsc1. The Labute approximate surface area is 133 Å². The van der Waals surface area contributed by atoms with Gasteiger partial charge in [0.15, 0.2) is 0 Å². The van der Waals surface area contributed by atoms with Crippen LogP contribution in [-0.2, 0) is 17.8 Å². The zero-order valence-electron chi connectivity index (χ0n) is 11.6. The molecule has 0 aromatic carbocycles. The van der Waals surface area contributed by atoms with E-state index in [4.69, 9.17) is 18.0 Å². The molecule has 0 aliphatic heterocycles. The first-order valence-corrected chi connectivity index (χ1v) is 7.96. The molecule has 0 atom stereocenters. The van der Waals surface area contributed by atoms with E-state index in [1.54, 1.807) is 28.6 Å². The summed E-state index contributed by atoms with van der Waals surface area (Å²) in [5.74, 6) is 0.0773. The van der Waals surface area contributed by atoms with Crippen LogP contribution in [0.4, 0.5) is 0 Å². The van der Waals surface area contributed by atoms with E-state index in [0.717, 1.165) is 11.1 Å². The maximum Gasteiger partial charge on any atom is 0.227 e. The summed E-state index contributed by atoms with van der Waals surface area (Å²) in [5.41, 5.74) is 7.59. The summed E-state index contributed by atoms with van der Waals surface area (Å²) in [6.07, 6.45) is 4.42. The molecule has 2 aromatic rings. The van der Waals surface area contributed by atoms with Crippen LogP contribution < -0.4 is 5.73 Å². The molecule has 1 amide bonds. The number of aromatic nitrogens is 1. The predicted molar refractivity (Wildman–Crippen MR) is 89.1 cm³/mol. The maximum atomic E-state index is 12.5. The third kappa shape index (κ3) is 5.24. The summed E-state index contributed by atoms with van der Waals surface area (Å²) in [4.78, 5) is 18.7. The monoisotopic (exact) mass is 319 g/mol. The molecular weight excluding hydrogens is 302 g/mol. The van der Waals surface area contributed by atoms with Gasteiger partial charge in [0.2, 0.25) is 5.91 Å². The first-order chi connectivity index (χ1) is 10.1. The summed E-state index contributed by atoms with van der Waals surface area (Å²) >= 11 is 6.50. The third-order valence-corrected chi connectivity index (χ3v) is 3.95. The molecule has 2 heterocycles. The van der Waals surface area contributed by atoms with E-state index in [0.29, 0.717) is 30.9 Å². The van der Waals surface area contributed by atoms with Gasteiger partial charge in [-0.25, -0.2) is 0 Å². The molecule has 110 valence electrons. The molecule has 6 heteroatoms. The van der Waals surface area contributed by atoms with Crippen molar-refractivity contribution in [3.63, 3.8) is 0 Å². The molecule has 0 spiro atoms. The van der Waals surface area contributed by atoms with Crippen molar-refractivity contribution in [1.82, 2.24) is 9.88 Å². The minimum Gasteiger partial charge on any atom is -0.393 e. The van der Waals surface area contributed by atoms with Crippen LogP contribution in [0.5, 0.6) is 0 Å². The fraction of sp³-hybridized carbons (Fsp3) is 0.267. The van der Waals surface area contributed by atoms with E-state index >= 15 is 0 Å². The minimum atomic E-state index is 0.0773. The summed E-state index contributed by atoms with van der Waals surface area (Å²) in [6.45, 7) is 1.06. The molecule has 0 unspecified atom stereocenters. The molecule has 0 fully saturated rings. The normalized spacial score (nSPS) is 10.3. The van der Waals surface area contributed by atoms with Gasteiger partial charge in [0.05, 0.1) is 11.4 Å². The zero-order valence-corrected chi connectivity index (χ0v) is 13.2. The van der Waals surface area contributed by atoms with Gasteiger partial charge in [-0.1, -0.05) is 18.3 Å². The van der Waals surface area contributed by atoms with Gasteiger partial charge < -0.3 is 10.6 Å². The Hall–Kier alpha value is -1.79. The number of hydrogen-bond acceptors (Lipinski definition) is 4. The van der Waals surface area contributed by atoms with Crippen LogP contribution in [0, 0.1) is 0 Å². The van der Waals surface area contributed by atoms with Crippen molar-refractivity contribution in [3.05, 3.63) is 52.5 Å². The minimum absolute atomic E-state index is 0.0773. The summed E-state index contributed by atoms with van der Waals surface area (Å²) < 4.78 is 0. The molecule has 21 heavy (non-hydrogen) atoms. The second kappa shape index (κ2) is 7.85. The van der Waals surface area contributed by atoms with Gasteiger partial charge in [-0.05, 0) is 34.0 Å². The molecule has 4 nitrogen and oxygen atoms in total. The van der Waals surface area contributed by atoms with Crippen molar-refractivity contribution in [3.8, 4) is 0 Å². The smallest absolute Gasteiger partial charge is 0.227 e. The highest BCUT2D eigenvalue weighted by atomic mass is 32.1. The molecule has 0 radical (unpaired) electrons. The lowest BCUT2D eigenvalue weighted by atomic mass is 10.2. The van der Waals surface area contributed by atoms with Crippen LogP contribution in [0.25, 0.3) is 0 Å². The lowest BCUT2D eigenvalue weighted by Crippen LogP contribution is -2.34. The van der Waals surface area contributed by atoms with Crippen molar-refractivity contribution in [1.29, 1.82) is 0 Å². The Bertz CT molecular complexity index is 584. The number of rotatable bonds is 7. The number of nitrogens with zero attached hydrogens (tertiary/aromatic N) is 2. The van der Waals surface area contributed by atoms with Gasteiger partial charge in [0.25, 0.3) is 0 Å². The van der Waals surface area contributed by atoms with Crippen molar-refractivity contribution in [2.45, 2.75) is 19.4 Å². The average molecular weight is 319 g/mol. The van der Waals surface area contributed by atoms with Crippen LogP contribution in [0.2, 0.25) is 0 Å². The number of hydrogen-bond donors (Lipinski definition) is 1. The summed E-state index contributed by atoms with van der Waals surface area (Å²) in [6, 6.07) is 5.79. The highest BCUT2D eigenvalue weighted by Crippen LogP contribution is 2.11. The molecule has 2 rings (SSSR count). The van der Waals surface area contributed by atoms with Crippen LogP contribution >= 0.6 is 23.6 Å². The highest BCUT2D eigenvalue weighted by Gasteiger charge is 2.15. The van der Waals surface area contributed by atoms with E-state index in [1.165, 1.54) is 0 Å². The number of carbonyl (C=O) groups is 1. The van der Waals surface area contributed by atoms with Gasteiger partial charge in [0.1, 0.15) is 0 Å². The third-order valence-electron chi connectivity index (χ3n) is 3.01. The second-order valence-corrected chi connectivity index (χ2v) is 6.01. The van der Waals surface area contributed by atoms with Gasteiger partial charge in [-0.3, -0.25) is 9.78 Å². The molecular formula is C15H17N3OS2. The van der Waals surface area contributed by atoms with Crippen LogP contribution in [0.15, 0.2) is 41.4 Å². The van der Waals surface area contributed by atoms with Crippen molar-refractivity contribution < 1.29 is 4.79 Å². The lowest BCUT2D eigenvalue weighted by Gasteiger charge is -2.22. The Morgan fingerprint density at radius 2 is 2.24 bits per heavy atom. The average Bonchev–Trinajstić information content (AvgIpc) is 2.97. The fourth-order valence-electron chi connectivity index (χ4n) is 1.93. The quantitative estimate of drug-likeness (QED) is 0.796. The van der Waals surface area contributed by atoms with Gasteiger partial charge in [0, 0.05) is 31.9 Å². The molecule has 2 N–H and O–H groups in total. The Balaban J connectivity index is 2.03. The topological polar surface area (TPSA) is 59.2 Å². The summed E-state index contributed by atoms with van der Waals surface area (Å²) in [7, 11) is 0. The lowest BCUT2D eigenvalue weighted by molar-refractivity contribution is -0.131. The molecule has 0 saturated heterocycles. The Kier molecular flexibility index (Phi) is 5.83. The first kappa shape index (κ1) is 15.6. The van der Waals surface area contributed by atoms with E-state index in [9.17, 15) is 4.79 Å². The van der Waals surface area contributed by atoms with Crippen molar-refractivity contribution in [2.75, 3.05) is 6.54 Å². The number of pyridine rings is 1. The number of thiophene rings is 1. The number of amides is 1. The molecule has 2 aromatic heterocycles. The van der Waals surface area contributed by atoms with Gasteiger partial charge >= 0.3 is 0 Å². The number of thiocarbonyl (C=S) groups is 1. The second-order valence-electron chi connectivity index (χ2n) is 4.70. The number of carbonyl (C=O) groups excluding carboxylic acids is 1. The Morgan fingerprint density at radius 3 is 2.86 bits per heavy atom. The van der Waals surface area contributed by atoms with Gasteiger partial charge in [-0.15, -0.1) is 0 Å². The molecule has 0 aliphatic carbocycles. The van der Waals surface area contributed by atoms with E-state index in [2.05, 4.69) is 4.98 Å². The number of nitrogens with two attached hydrogens (primary N) is 1. The van der Waals surface area contributed by atoms with Crippen LogP contribution in [0.1, 0.15) is 17.5 Å². The Morgan fingerprint density at radius 1 is 1.38 bits per heavy atom. The van der Waals surface area contributed by atoms with E-state index < -0.39 is 0 Å². The standard InChI is InChI=1S/C15H17N3OS2/c16-14(20)3-6-18(10-13-2-1-5-17-9-13)15(19)8-12-4-7-21-11-12/h1-2,4-5,7,9,11H,3,6,8,10H2,(H2,16,20). The van der Waals surface area contributed by atoms with Crippen molar-refractivity contribution >= 4 is 34.5 Å². The maximum absolute atomic E-state index is 12.5. The first-order valence-electron chi connectivity index (χ1n) is 6.61. The fourth-order valence-corrected chi connectivity index (χ4v) is 2.69. The molecule has 0 aliphatic rings. The molecule has 0 saturated carbocycles. The van der Waals surface area contributed by atoms with Gasteiger partial charge in [-0.2, -0.15) is 11.3 Å².